The Morgan fingerprint density at radius 3 is 2.44 bits per heavy atom. The fourth-order valence-electron chi connectivity index (χ4n) is 3.19. The number of benzene rings is 2. The van der Waals surface area contributed by atoms with Gasteiger partial charge in [0, 0.05) is 45.0 Å². The van der Waals surface area contributed by atoms with E-state index in [0.717, 1.165) is 31.4 Å². The average molecular weight is 374 g/mol. The van der Waals surface area contributed by atoms with E-state index in [9.17, 15) is 13.2 Å². The second kappa shape index (κ2) is 8.31. The van der Waals surface area contributed by atoms with Crippen LogP contribution in [0.3, 0.4) is 0 Å². The summed E-state index contributed by atoms with van der Waals surface area (Å²) in [7, 11) is 0. The van der Waals surface area contributed by atoms with E-state index >= 15 is 0 Å². The molecule has 0 radical (unpaired) electrons. The van der Waals surface area contributed by atoms with Crippen molar-refractivity contribution >= 4 is 11.4 Å². The van der Waals surface area contributed by atoms with E-state index in [0.29, 0.717) is 30.9 Å². The van der Waals surface area contributed by atoms with E-state index in [1.807, 2.05) is 23.1 Å². The first-order valence-corrected chi connectivity index (χ1v) is 8.85. The SMILES string of the molecule is N#Cc1ccccc1NCCN1CCN(c2cccc(C(F)(F)F)c2)CC1. The predicted molar refractivity (Wildman–Crippen MR) is 99.7 cm³/mol. The van der Waals surface area contributed by atoms with Gasteiger partial charge in [0.1, 0.15) is 6.07 Å². The van der Waals surface area contributed by atoms with Crippen LogP contribution in [0, 0.1) is 11.3 Å². The number of para-hydroxylation sites is 1. The van der Waals surface area contributed by atoms with Gasteiger partial charge < -0.3 is 10.2 Å². The fraction of sp³-hybridized carbons (Fsp3) is 0.350. The molecule has 0 saturated carbocycles. The number of anilines is 2. The molecular weight excluding hydrogens is 353 g/mol. The van der Waals surface area contributed by atoms with Gasteiger partial charge in [0.25, 0.3) is 0 Å². The molecule has 2 aromatic rings. The third kappa shape index (κ3) is 4.92. The molecule has 7 heteroatoms. The van der Waals surface area contributed by atoms with Crippen LogP contribution < -0.4 is 10.2 Å². The molecular formula is C20H21F3N4. The summed E-state index contributed by atoms with van der Waals surface area (Å²) in [4.78, 5) is 4.26. The van der Waals surface area contributed by atoms with Crippen molar-refractivity contribution in [2.45, 2.75) is 6.18 Å². The minimum absolute atomic E-state index is 0.609. The first kappa shape index (κ1) is 19.1. The lowest BCUT2D eigenvalue weighted by molar-refractivity contribution is -0.137. The normalized spacial score (nSPS) is 15.4. The van der Waals surface area contributed by atoms with Crippen LogP contribution in [0.1, 0.15) is 11.1 Å². The molecule has 0 aliphatic carbocycles. The Labute approximate surface area is 156 Å². The number of hydrogen-bond donors (Lipinski definition) is 1. The second-order valence-corrected chi connectivity index (χ2v) is 6.46. The number of rotatable bonds is 5. The maximum absolute atomic E-state index is 12.9. The number of halogens is 3. The zero-order valence-corrected chi connectivity index (χ0v) is 14.8. The lowest BCUT2D eigenvalue weighted by Crippen LogP contribution is -2.47. The van der Waals surface area contributed by atoms with Crippen LogP contribution in [0.25, 0.3) is 0 Å². The van der Waals surface area contributed by atoms with Crippen molar-refractivity contribution in [2.24, 2.45) is 0 Å². The Balaban J connectivity index is 1.49. The number of nitrogens with zero attached hydrogens (tertiary/aromatic N) is 3. The lowest BCUT2D eigenvalue weighted by atomic mass is 10.1. The Morgan fingerprint density at radius 1 is 1.00 bits per heavy atom. The van der Waals surface area contributed by atoms with Crippen LogP contribution in [0.5, 0.6) is 0 Å². The van der Waals surface area contributed by atoms with Crippen LogP contribution in [-0.4, -0.2) is 44.2 Å². The summed E-state index contributed by atoms with van der Waals surface area (Å²) in [6.07, 6.45) is -4.32. The van der Waals surface area contributed by atoms with Gasteiger partial charge in [-0.1, -0.05) is 18.2 Å². The molecule has 1 N–H and O–H groups in total. The van der Waals surface area contributed by atoms with E-state index in [1.165, 1.54) is 12.1 Å². The van der Waals surface area contributed by atoms with Crippen molar-refractivity contribution in [1.29, 1.82) is 5.26 Å². The molecule has 4 nitrogen and oxygen atoms in total. The van der Waals surface area contributed by atoms with E-state index in [4.69, 9.17) is 5.26 Å². The summed E-state index contributed by atoms with van der Waals surface area (Å²) >= 11 is 0. The van der Waals surface area contributed by atoms with Crippen LogP contribution in [-0.2, 0) is 6.18 Å². The van der Waals surface area contributed by atoms with Gasteiger partial charge in [-0.15, -0.1) is 0 Å². The van der Waals surface area contributed by atoms with E-state index in [2.05, 4.69) is 16.3 Å². The Hall–Kier alpha value is -2.72. The Morgan fingerprint density at radius 2 is 1.74 bits per heavy atom. The predicted octanol–water partition coefficient (Wildman–Crippen LogP) is 3.81. The standard InChI is InChI=1S/C20H21F3N4/c21-20(22,23)17-5-3-6-18(14-17)27-12-10-26(11-13-27)9-8-25-19-7-2-1-4-16(19)15-24/h1-7,14,25H,8-13H2. The number of alkyl halides is 3. The highest BCUT2D eigenvalue weighted by Gasteiger charge is 2.31. The van der Waals surface area contributed by atoms with Gasteiger partial charge in [0.05, 0.1) is 16.8 Å². The molecule has 0 unspecified atom stereocenters. The summed E-state index contributed by atoms with van der Waals surface area (Å²) in [5.41, 5.74) is 1.45. The van der Waals surface area contributed by atoms with Crippen molar-refractivity contribution in [3.63, 3.8) is 0 Å². The second-order valence-electron chi connectivity index (χ2n) is 6.46. The number of nitrogens with one attached hydrogen (secondary N) is 1. The van der Waals surface area contributed by atoms with E-state index < -0.39 is 11.7 Å². The monoisotopic (exact) mass is 374 g/mol. The molecule has 142 valence electrons. The molecule has 0 aromatic heterocycles. The van der Waals surface area contributed by atoms with E-state index in [-0.39, 0.29) is 0 Å². The van der Waals surface area contributed by atoms with Crippen LogP contribution >= 0.6 is 0 Å². The maximum Gasteiger partial charge on any atom is 0.416 e. The summed E-state index contributed by atoms with van der Waals surface area (Å²) in [6.45, 7) is 4.49. The van der Waals surface area contributed by atoms with Gasteiger partial charge >= 0.3 is 6.18 Å². The van der Waals surface area contributed by atoms with Crippen LogP contribution in [0.4, 0.5) is 24.5 Å². The Bertz CT molecular complexity index is 805. The molecule has 0 amide bonds. The van der Waals surface area contributed by atoms with Gasteiger partial charge in [-0.05, 0) is 30.3 Å². The largest absolute Gasteiger partial charge is 0.416 e. The summed E-state index contributed by atoms with van der Waals surface area (Å²) in [5.74, 6) is 0. The molecule has 1 saturated heterocycles. The van der Waals surface area contributed by atoms with Gasteiger partial charge in [-0.25, -0.2) is 0 Å². The summed E-state index contributed by atoms with van der Waals surface area (Å²) in [5, 5.41) is 12.4. The van der Waals surface area contributed by atoms with Gasteiger partial charge in [0.2, 0.25) is 0 Å². The zero-order chi connectivity index (χ0) is 19.3. The maximum atomic E-state index is 12.9. The molecule has 2 aromatic carbocycles. The highest BCUT2D eigenvalue weighted by Crippen LogP contribution is 2.31. The molecule has 3 rings (SSSR count). The highest BCUT2D eigenvalue weighted by molar-refractivity contribution is 5.57. The summed E-state index contributed by atoms with van der Waals surface area (Å²) < 4.78 is 38.6. The van der Waals surface area contributed by atoms with Crippen molar-refractivity contribution in [1.82, 2.24) is 4.90 Å². The first-order valence-electron chi connectivity index (χ1n) is 8.85. The highest BCUT2D eigenvalue weighted by atomic mass is 19.4. The molecule has 0 spiro atoms. The first-order chi connectivity index (χ1) is 13.0. The lowest BCUT2D eigenvalue weighted by Gasteiger charge is -2.36. The minimum Gasteiger partial charge on any atom is -0.383 e. The Kier molecular flexibility index (Phi) is 5.87. The van der Waals surface area contributed by atoms with Crippen molar-refractivity contribution < 1.29 is 13.2 Å². The molecule has 0 bridgehead atoms. The van der Waals surface area contributed by atoms with Gasteiger partial charge in [0.15, 0.2) is 0 Å². The average Bonchev–Trinajstić information content (AvgIpc) is 2.68. The number of piperazine rings is 1. The van der Waals surface area contributed by atoms with Gasteiger partial charge in [-0.3, -0.25) is 4.90 Å². The molecule has 0 atom stereocenters. The summed E-state index contributed by atoms with van der Waals surface area (Å²) in [6, 6.07) is 15.0. The number of hydrogen-bond acceptors (Lipinski definition) is 4. The number of nitriles is 1. The third-order valence-electron chi connectivity index (χ3n) is 4.70. The molecule has 1 aliphatic rings. The minimum atomic E-state index is -4.32. The smallest absolute Gasteiger partial charge is 0.383 e. The molecule has 1 aliphatic heterocycles. The van der Waals surface area contributed by atoms with Crippen molar-refractivity contribution in [3.05, 3.63) is 59.7 Å². The van der Waals surface area contributed by atoms with E-state index in [1.54, 1.807) is 12.1 Å². The molecule has 27 heavy (non-hydrogen) atoms. The molecule has 1 fully saturated rings. The van der Waals surface area contributed by atoms with Crippen molar-refractivity contribution in [2.75, 3.05) is 49.5 Å². The third-order valence-corrected chi connectivity index (χ3v) is 4.70. The fourth-order valence-corrected chi connectivity index (χ4v) is 3.19. The van der Waals surface area contributed by atoms with Crippen LogP contribution in [0.15, 0.2) is 48.5 Å². The van der Waals surface area contributed by atoms with Gasteiger partial charge in [-0.2, -0.15) is 18.4 Å². The topological polar surface area (TPSA) is 42.3 Å². The molecule has 1 heterocycles. The van der Waals surface area contributed by atoms with Crippen LogP contribution in [0.2, 0.25) is 0 Å². The zero-order valence-electron chi connectivity index (χ0n) is 14.8. The van der Waals surface area contributed by atoms with Crippen molar-refractivity contribution in [3.8, 4) is 6.07 Å². The quantitative estimate of drug-likeness (QED) is 0.864.